The third-order valence-electron chi connectivity index (χ3n) is 3.06. The second-order valence-electron chi connectivity index (χ2n) is 6.73. The lowest BCUT2D eigenvalue weighted by Crippen LogP contribution is -2.50. The summed E-state index contributed by atoms with van der Waals surface area (Å²) in [5.41, 5.74) is 5.12. The van der Waals surface area contributed by atoms with E-state index in [4.69, 9.17) is 15.2 Å². The van der Waals surface area contributed by atoms with Crippen molar-refractivity contribution in [3.63, 3.8) is 0 Å². The lowest BCUT2D eigenvalue weighted by atomic mass is 10.2. The minimum atomic E-state index is -1.26. The molecule has 1 aromatic rings. The van der Waals surface area contributed by atoms with E-state index in [1.165, 1.54) is 0 Å². The molecule has 0 saturated carbocycles. The Morgan fingerprint density at radius 3 is 2.30 bits per heavy atom. The Labute approximate surface area is 157 Å². The van der Waals surface area contributed by atoms with Crippen molar-refractivity contribution >= 4 is 23.9 Å². The van der Waals surface area contributed by atoms with Crippen LogP contribution in [0.15, 0.2) is 30.3 Å². The average Bonchev–Trinajstić information content (AvgIpc) is 2.56. The Kier molecular flexibility index (Phi) is 8.25. The first kappa shape index (κ1) is 21.9. The van der Waals surface area contributed by atoms with Crippen LogP contribution in [0.25, 0.3) is 0 Å². The number of hydrogen-bond acceptors (Lipinski definition) is 6. The van der Waals surface area contributed by atoms with Crippen molar-refractivity contribution < 1.29 is 28.7 Å². The third-order valence-corrected chi connectivity index (χ3v) is 3.06. The number of carbonyl (C=O) groups is 4. The second kappa shape index (κ2) is 10.1. The fourth-order valence-corrected chi connectivity index (χ4v) is 1.93. The first-order valence-corrected chi connectivity index (χ1v) is 8.32. The number of benzene rings is 1. The van der Waals surface area contributed by atoms with Gasteiger partial charge in [0.05, 0.1) is 6.42 Å². The zero-order chi connectivity index (χ0) is 20.4. The number of nitrogens with two attached hydrogens (primary N) is 1. The predicted molar refractivity (Wildman–Crippen MR) is 96.2 cm³/mol. The highest BCUT2D eigenvalue weighted by Crippen LogP contribution is 2.07. The Morgan fingerprint density at radius 1 is 1.11 bits per heavy atom. The molecule has 0 radical (unpaired) electrons. The molecule has 9 nitrogen and oxygen atoms in total. The van der Waals surface area contributed by atoms with E-state index in [2.05, 4.69) is 10.6 Å². The summed E-state index contributed by atoms with van der Waals surface area (Å²) < 4.78 is 10.1. The monoisotopic (exact) mass is 379 g/mol. The molecule has 1 aromatic carbocycles. The molecule has 3 amide bonds. The van der Waals surface area contributed by atoms with Gasteiger partial charge in [0.25, 0.3) is 0 Å². The number of primary amides is 1. The Hall–Kier alpha value is -3.10. The van der Waals surface area contributed by atoms with Gasteiger partial charge in [-0.3, -0.25) is 14.4 Å². The van der Waals surface area contributed by atoms with Gasteiger partial charge in [0.1, 0.15) is 24.8 Å². The molecule has 0 aliphatic carbocycles. The quantitative estimate of drug-likeness (QED) is 0.566. The average molecular weight is 379 g/mol. The Bertz CT molecular complexity index is 669. The summed E-state index contributed by atoms with van der Waals surface area (Å²) in [6, 6.07) is 7.77. The molecular formula is C18H25N3O6. The molecule has 148 valence electrons. The van der Waals surface area contributed by atoms with Crippen LogP contribution in [0.4, 0.5) is 4.79 Å². The maximum atomic E-state index is 12.2. The van der Waals surface area contributed by atoms with Gasteiger partial charge in [-0.1, -0.05) is 30.3 Å². The van der Waals surface area contributed by atoms with Gasteiger partial charge >= 0.3 is 12.1 Å². The zero-order valence-corrected chi connectivity index (χ0v) is 15.6. The normalized spacial score (nSPS) is 11.8. The van der Waals surface area contributed by atoms with Crippen LogP contribution >= 0.6 is 0 Å². The summed E-state index contributed by atoms with van der Waals surface area (Å²) in [5, 5.41) is 4.56. The van der Waals surface area contributed by atoms with Gasteiger partial charge in [0, 0.05) is 0 Å². The van der Waals surface area contributed by atoms with Crippen LogP contribution in [0.5, 0.6) is 0 Å². The van der Waals surface area contributed by atoms with E-state index in [1.54, 1.807) is 32.9 Å². The molecule has 0 aliphatic rings. The number of rotatable bonds is 8. The van der Waals surface area contributed by atoms with E-state index in [0.29, 0.717) is 0 Å². The molecule has 0 fully saturated rings. The molecular weight excluding hydrogens is 354 g/mol. The largest absolute Gasteiger partial charge is 0.460 e. The van der Waals surface area contributed by atoms with Crippen LogP contribution in [-0.4, -0.2) is 42.1 Å². The summed E-state index contributed by atoms with van der Waals surface area (Å²) in [4.78, 5) is 46.8. The summed E-state index contributed by atoms with van der Waals surface area (Å²) in [6.45, 7) is 4.60. The van der Waals surface area contributed by atoms with Gasteiger partial charge in [-0.25, -0.2) is 4.79 Å². The maximum absolute atomic E-state index is 12.2. The van der Waals surface area contributed by atoms with Gasteiger partial charge in [-0.2, -0.15) is 0 Å². The highest BCUT2D eigenvalue weighted by Gasteiger charge is 2.26. The van der Waals surface area contributed by atoms with Crippen molar-refractivity contribution in [3.8, 4) is 0 Å². The number of esters is 1. The first-order chi connectivity index (χ1) is 12.6. The minimum absolute atomic E-state index is 0.0659. The number of ether oxygens (including phenoxy) is 2. The van der Waals surface area contributed by atoms with E-state index in [9.17, 15) is 19.2 Å². The van der Waals surface area contributed by atoms with E-state index < -0.39 is 48.5 Å². The molecule has 0 saturated heterocycles. The molecule has 1 atom stereocenters. The van der Waals surface area contributed by atoms with E-state index in [-0.39, 0.29) is 6.61 Å². The lowest BCUT2D eigenvalue weighted by molar-refractivity contribution is -0.145. The molecule has 0 bridgehead atoms. The molecule has 0 aliphatic heterocycles. The highest BCUT2D eigenvalue weighted by molar-refractivity contribution is 5.92. The second-order valence-corrected chi connectivity index (χ2v) is 6.73. The van der Waals surface area contributed by atoms with Crippen LogP contribution in [0.2, 0.25) is 0 Å². The van der Waals surface area contributed by atoms with Crippen LogP contribution in [-0.2, 0) is 30.5 Å². The van der Waals surface area contributed by atoms with Crippen LogP contribution in [0.1, 0.15) is 32.8 Å². The number of amides is 3. The van der Waals surface area contributed by atoms with Crippen molar-refractivity contribution in [2.75, 3.05) is 6.54 Å². The Morgan fingerprint density at radius 2 is 1.74 bits per heavy atom. The molecule has 9 heteroatoms. The number of hydrogen-bond donors (Lipinski definition) is 3. The fraction of sp³-hybridized carbons (Fsp3) is 0.444. The smallest absolute Gasteiger partial charge is 0.408 e. The first-order valence-electron chi connectivity index (χ1n) is 8.32. The van der Waals surface area contributed by atoms with Gasteiger partial charge in [-0.15, -0.1) is 0 Å². The number of alkyl carbamates (subject to hydrolysis) is 1. The fourth-order valence-electron chi connectivity index (χ4n) is 1.93. The molecule has 0 heterocycles. The highest BCUT2D eigenvalue weighted by atomic mass is 16.6. The van der Waals surface area contributed by atoms with Gasteiger partial charge in [0.2, 0.25) is 11.8 Å². The molecule has 0 unspecified atom stereocenters. The van der Waals surface area contributed by atoms with E-state index in [0.717, 1.165) is 5.56 Å². The molecule has 4 N–H and O–H groups in total. The van der Waals surface area contributed by atoms with Crippen LogP contribution in [0, 0.1) is 0 Å². The van der Waals surface area contributed by atoms with Crippen molar-refractivity contribution in [2.45, 2.75) is 45.4 Å². The van der Waals surface area contributed by atoms with E-state index >= 15 is 0 Å². The maximum Gasteiger partial charge on any atom is 0.408 e. The van der Waals surface area contributed by atoms with Gasteiger partial charge in [-0.05, 0) is 26.3 Å². The summed E-state index contributed by atoms with van der Waals surface area (Å²) >= 11 is 0. The minimum Gasteiger partial charge on any atom is -0.460 e. The Balaban J connectivity index is 2.51. The summed E-state index contributed by atoms with van der Waals surface area (Å²) in [7, 11) is 0. The van der Waals surface area contributed by atoms with Gasteiger partial charge < -0.3 is 25.8 Å². The molecule has 0 aromatic heterocycles. The van der Waals surface area contributed by atoms with Crippen molar-refractivity contribution in [2.24, 2.45) is 5.73 Å². The number of carbonyl (C=O) groups excluding carboxylic acids is 4. The van der Waals surface area contributed by atoms with Crippen LogP contribution < -0.4 is 16.4 Å². The molecule has 27 heavy (non-hydrogen) atoms. The summed E-state index contributed by atoms with van der Waals surface area (Å²) in [5.74, 6) is -2.21. The van der Waals surface area contributed by atoms with Gasteiger partial charge in [0.15, 0.2) is 0 Å². The SMILES string of the molecule is CC(C)(C)OC(=O)N[C@@H](CC(N)=O)C(=O)NCC(=O)OCc1ccccc1. The van der Waals surface area contributed by atoms with Crippen LogP contribution in [0.3, 0.4) is 0 Å². The summed E-state index contributed by atoms with van der Waals surface area (Å²) in [6.07, 6.45) is -1.32. The molecule has 0 spiro atoms. The van der Waals surface area contributed by atoms with E-state index in [1.807, 2.05) is 18.2 Å². The van der Waals surface area contributed by atoms with Crippen molar-refractivity contribution in [1.82, 2.24) is 10.6 Å². The van der Waals surface area contributed by atoms with Crippen molar-refractivity contribution in [3.05, 3.63) is 35.9 Å². The standard InChI is InChI=1S/C18H25N3O6/c1-18(2,3)27-17(25)21-13(9-14(19)22)16(24)20-10-15(23)26-11-12-7-5-4-6-8-12/h4-8,13H,9-11H2,1-3H3,(H2,19,22)(H,20,24)(H,21,25)/t13-/m0/s1. The zero-order valence-electron chi connectivity index (χ0n) is 15.6. The van der Waals surface area contributed by atoms with Crippen molar-refractivity contribution in [1.29, 1.82) is 0 Å². The lowest BCUT2D eigenvalue weighted by Gasteiger charge is -2.22. The molecule has 1 rings (SSSR count). The predicted octanol–water partition coefficient (Wildman–Crippen LogP) is 0.615. The number of nitrogens with one attached hydrogen (secondary N) is 2. The third kappa shape index (κ3) is 9.83. The topological polar surface area (TPSA) is 137 Å².